The molecule has 0 aromatic carbocycles. The fourth-order valence-corrected chi connectivity index (χ4v) is 4.18. The maximum Gasteiger partial charge on any atom is 0.177 e. The van der Waals surface area contributed by atoms with E-state index in [9.17, 15) is 9.90 Å². The smallest absolute Gasteiger partial charge is 0.177 e. The number of terminal acetylenes is 1. The molecule has 2 heterocycles. The highest BCUT2D eigenvalue weighted by atomic mass is 16.3. The molecule has 1 aromatic heterocycles. The number of carbonyl (C=O) groups is 1. The van der Waals surface area contributed by atoms with E-state index in [1.807, 2.05) is 19.9 Å². The van der Waals surface area contributed by atoms with Crippen molar-refractivity contribution >= 4 is 11.5 Å². The van der Waals surface area contributed by atoms with Crippen LogP contribution in [0.15, 0.2) is 17.8 Å². The van der Waals surface area contributed by atoms with Crippen LogP contribution in [0.4, 0.5) is 0 Å². The minimum Gasteiger partial charge on any atom is -0.395 e. The second-order valence-electron chi connectivity index (χ2n) is 8.72. The molecule has 1 saturated carbocycles. The summed E-state index contributed by atoms with van der Waals surface area (Å²) in [5, 5.41) is 9.72. The van der Waals surface area contributed by atoms with Crippen molar-refractivity contribution in [3.05, 3.63) is 34.7 Å². The van der Waals surface area contributed by atoms with Gasteiger partial charge >= 0.3 is 0 Å². The van der Waals surface area contributed by atoms with Gasteiger partial charge in [0.15, 0.2) is 5.78 Å². The van der Waals surface area contributed by atoms with Crippen LogP contribution in [0.5, 0.6) is 0 Å². The predicted molar refractivity (Wildman–Crippen MR) is 101 cm³/mol. The molecule has 0 radical (unpaired) electrons. The fraction of sp³-hybridized carbons (Fsp3) is 0.545. The fourth-order valence-electron chi connectivity index (χ4n) is 4.18. The van der Waals surface area contributed by atoms with E-state index in [0.29, 0.717) is 17.4 Å². The maximum absolute atomic E-state index is 12.6. The van der Waals surface area contributed by atoms with E-state index in [-0.39, 0.29) is 12.4 Å². The van der Waals surface area contributed by atoms with E-state index in [1.54, 1.807) is 6.20 Å². The van der Waals surface area contributed by atoms with E-state index in [2.05, 4.69) is 15.8 Å². The van der Waals surface area contributed by atoms with E-state index < -0.39 is 5.41 Å². The molecule has 0 bridgehead atoms. The van der Waals surface area contributed by atoms with Crippen molar-refractivity contribution in [2.45, 2.75) is 51.4 Å². The van der Waals surface area contributed by atoms with Crippen LogP contribution < -0.4 is 0 Å². The molecule has 26 heavy (non-hydrogen) atoms. The van der Waals surface area contributed by atoms with Gasteiger partial charge in [-0.3, -0.25) is 9.78 Å². The molecule has 1 aliphatic heterocycles. The first-order valence-corrected chi connectivity index (χ1v) is 9.49. The van der Waals surface area contributed by atoms with Crippen LogP contribution in [0, 0.1) is 17.8 Å². The first kappa shape index (κ1) is 17.3. The zero-order chi connectivity index (χ0) is 18.5. The van der Waals surface area contributed by atoms with Gasteiger partial charge in [0.2, 0.25) is 0 Å². The van der Waals surface area contributed by atoms with E-state index in [4.69, 9.17) is 6.42 Å². The number of hydrogen-bond acceptors (Lipinski definition) is 4. The number of Topliss-reactive ketones (excluding diaryl/α,β-unsaturated/α-hetero) is 1. The van der Waals surface area contributed by atoms with E-state index >= 15 is 0 Å². The van der Waals surface area contributed by atoms with E-state index in [1.165, 1.54) is 25.7 Å². The van der Waals surface area contributed by atoms with Gasteiger partial charge in [-0.2, -0.15) is 0 Å². The number of hydrogen-bond donors (Lipinski definition) is 1. The lowest BCUT2D eigenvalue weighted by Crippen LogP contribution is -2.36. The highest BCUT2D eigenvalue weighted by molar-refractivity contribution is 6.10. The Morgan fingerprint density at radius 3 is 2.58 bits per heavy atom. The third kappa shape index (κ3) is 2.75. The number of aliphatic hydroxyl groups excluding tert-OH is 1. The summed E-state index contributed by atoms with van der Waals surface area (Å²) in [6.45, 7) is 5.87. The molecule has 2 aliphatic carbocycles. The monoisotopic (exact) mass is 350 g/mol. The number of allylic oxidation sites excluding steroid dienone is 1. The molecule has 4 heteroatoms. The number of ketones is 1. The summed E-state index contributed by atoms with van der Waals surface area (Å²) < 4.78 is 0. The Kier molecular flexibility index (Phi) is 3.96. The predicted octanol–water partition coefficient (Wildman–Crippen LogP) is 2.70. The number of carbonyl (C=O) groups excluding carboxylic acids is 1. The largest absolute Gasteiger partial charge is 0.395 e. The summed E-state index contributed by atoms with van der Waals surface area (Å²) in [5.41, 5.74) is 4.34. The van der Waals surface area contributed by atoms with Gasteiger partial charge in [0, 0.05) is 42.4 Å². The molecular weight excluding hydrogens is 324 g/mol. The van der Waals surface area contributed by atoms with Crippen LogP contribution in [0.3, 0.4) is 0 Å². The van der Waals surface area contributed by atoms with Crippen LogP contribution in [-0.4, -0.2) is 40.5 Å². The molecule has 0 unspecified atom stereocenters. The third-order valence-electron chi connectivity index (χ3n) is 6.44. The topological polar surface area (TPSA) is 53.4 Å². The molecule has 136 valence electrons. The lowest BCUT2D eigenvalue weighted by Gasteiger charge is -2.38. The number of aliphatic hydroxyl groups is 1. The van der Waals surface area contributed by atoms with Crippen molar-refractivity contribution in [2.24, 2.45) is 5.41 Å². The third-order valence-corrected chi connectivity index (χ3v) is 6.44. The summed E-state index contributed by atoms with van der Waals surface area (Å²) in [6.07, 6.45) is 12.9. The number of rotatable bonds is 3. The maximum atomic E-state index is 12.6. The van der Waals surface area contributed by atoms with Crippen molar-refractivity contribution in [3.8, 4) is 12.3 Å². The minimum absolute atomic E-state index is 0.0117. The van der Waals surface area contributed by atoms with Gasteiger partial charge in [0.05, 0.1) is 17.9 Å². The average molecular weight is 350 g/mol. The van der Waals surface area contributed by atoms with Gasteiger partial charge < -0.3 is 10.0 Å². The SMILES string of the molecule is C#CC1=C(N2CCC3(CC2)CC3)c2cc(C(C)(C)CO)ncc2CC1=O. The van der Waals surface area contributed by atoms with Crippen molar-refractivity contribution < 1.29 is 9.90 Å². The molecule has 1 saturated heterocycles. The van der Waals surface area contributed by atoms with E-state index in [0.717, 1.165) is 35.6 Å². The second-order valence-corrected chi connectivity index (χ2v) is 8.72. The van der Waals surface area contributed by atoms with Gasteiger partial charge in [-0.25, -0.2) is 0 Å². The van der Waals surface area contributed by atoms with Crippen molar-refractivity contribution in [2.75, 3.05) is 19.7 Å². The molecule has 2 fully saturated rings. The summed E-state index contributed by atoms with van der Waals surface area (Å²) in [6, 6.07) is 2.03. The molecule has 4 rings (SSSR count). The summed E-state index contributed by atoms with van der Waals surface area (Å²) in [7, 11) is 0. The number of fused-ring (bicyclic) bond motifs is 1. The molecule has 1 aromatic rings. The summed E-state index contributed by atoms with van der Waals surface area (Å²) in [5.74, 6) is 2.68. The Labute approximate surface area is 155 Å². The second kappa shape index (κ2) is 5.96. The lowest BCUT2D eigenvalue weighted by atomic mass is 9.83. The number of aromatic nitrogens is 1. The number of nitrogens with zero attached hydrogens (tertiary/aromatic N) is 2. The summed E-state index contributed by atoms with van der Waals surface area (Å²) in [4.78, 5) is 19.5. The van der Waals surface area contributed by atoms with Gasteiger partial charge in [-0.15, -0.1) is 6.42 Å². The zero-order valence-corrected chi connectivity index (χ0v) is 15.6. The van der Waals surface area contributed by atoms with Crippen LogP contribution in [0.1, 0.15) is 56.4 Å². The van der Waals surface area contributed by atoms with Crippen LogP contribution >= 0.6 is 0 Å². The molecule has 4 nitrogen and oxygen atoms in total. The Hall–Kier alpha value is -2.12. The molecule has 1 spiro atoms. The van der Waals surface area contributed by atoms with Crippen LogP contribution in [0.25, 0.3) is 5.70 Å². The Morgan fingerprint density at radius 2 is 2.00 bits per heavy atom. The van der Waals surface area contributed by atoms with Crippen molar-refractivity contribution in [1.29, 1.82) is 0 Å². The normalized spacial score (nSPS) is 21.6. The lowest BCUT2D eigenvalue weighted by molar-refractivity contribution is -0.114. The first-order valence-electron chi connectivity index (χ1n) is 9.49. The molecule has 0 atom stereocenters. The first-order chi connectivity index (χ1) is 12.4. The molecule has 0 amide bonds. The highest BCUT2D eigenvalue weighted by Crippen LogP contribution is 2.54. The van der Waals surface area contributed by atoms with Gasteiger partial charge in [0.25, 0.3) is 0 Å². The standard InChI is InChI=1S/C22H26N2O2/c1-4-16-18(26)11-15-13-23-19(21(2,3)14-25)12-17(15)20(16)24-9-7-22(5-6-22)8-10-24/h1,12-13,25H,5-11,14H2,2-3H3. The van der Waals surface area contributed by atoms with Crippen LogP contribution in [0.2, 0.25) is 0 Å². The number of likely N-dealkylation sites (tertiary alicyclic amines) is 1. The zero-order valence-electron chi connectivity index (χ0n) is 15.6. The van der Waals surface area contributed by atoms with Gasteiger partial charge in [-0.05, 0) is 42.7 Å². The molecule has 3 aliphatic rings. The Morgan fingerprint density at radius 1 is 1.31 bits per heavy atom. The average Bonchev–Trinajstić information content (AvgIpc) is 3.40. The van der Waals surface area contributed by atoms with Crippen molar-refractivity contribution in [3.63, 3.8) is 0 Å². The Bertz CT molecular complexity index is 830. The Balaban J connectivity index is 1.78. The van der Waals surface area contributed by atoms with Crippen LogP contribution in [-0.2, 0) is 16.6 Å². The quantitative estimate of drug-likeness (QED) is 0.852. The minimum atomic E-state index is -0.433. The highest BCUT2D eigenvalue weighted by Gasteiger charge is 2.45. The number of pyridine rings is 1. The van der Waals surface area contributed by atoms with Gasteiger partial charge in [0.1, 0.15) is 0 Å². The summed E-state index contributed by atoms with van der Waals surface area (Å²) >= 11 is 0. The molecule has 1 N–H and O–H groups in total. The molecular formula is C22H26N2O2. The van der Waals surface area contributed by atoms with Gasteiger partial charge in [-0.1, -0.05) is 19.8 Å². The van der Waals surface area contributed by atoms with Crippen molar-refractivity contribution in [1.82, 2.24) is 9.88 Å². The number of piperidine rings is 1.